The Kier molecular flexibility index (Phi) is 4.05. The number of carbonyl (C=O) groups is 1. The summed E-state index contributed by atoms with van der Waals surface area (Å²) in [6.45, 7) is -0.0882. The van der Waals surface area contributed by atoms with Crippen LogP contribution in [-0.2, 0) is 0 Å². The van der Waals surface area contributed by atoms with Crippen LogP contribution in [-0.4, -0.2) is 34.7 Å². The smallest absolute Gasteiger partial charge is 0.257 e. The van der Waals surface area contributed by atoms with Crippen molar-refractivity contribution in [3.63, 3.8) is 0 Å². The maximum atomic E-state index is 13.4. The van der Waals surface area contributed by atoms with Gasteiger partial charge >= 0.3 is 0 Å². The van der Waals surface area contributed by atoms with E-state index in [1.54, 1.807) is 0 Å². The van der Waals surface area contributed by atoms with E-state index in [4.69, 9.17) is 0 Å². The van der Waals surface area contributed by atoms with Crippen LogP contribution >= 0.6 is 11.8 Å². The Labute approximate surface area is 112 Å². The minimum Gasteiger partial charge on any atom is -0.387 e. The molecule has 1 aromatic rings. The molecule has 1 aliphatic rings. The normalized spacial score (nSPS) is 22.5. The van der Waals surface area contributed by atoms with Gasteiger partial charge in [-0.2, -0.15) is 11.8 Å². The number of hydrogen-bond donors (Lipinski definition) is 2. The van der Waals surface area contributed by atoms with Crippen molar-refractivity contribution in [3.8, 4) is 0 Å². The Morgan fingerprint density at radius 2 is 2.00 bits per heavy atom. The average Bonchev–Trinajstić information content (AvgIpc) is 2.73. The molecule has 0 bridgehead atoms. The lowest BCUT2D eigenvalue weighted by atomic mass is 10.0. The molecule has 1 atom stereocenters. The molecular weight excluding hydrogens is 279 g/mol. The van der Waals surface area contributed by atoms with Crippen molar-refractivity contribution in [1.29, 1.82) is 0 Å². The van der Waals surface area contributed by atoms with Gasteiger partial charge in [-0.3, -0.25) is 4.79 Å². The van der Waals surface area contributed by atoms with E-state index < -0.39 is 34.5 Å². The van der Waals surface area contributed by atoms with Gasteiger partial charge in [-0.15, -0.1) is 0 Å². The van der Waals surface area contributed by atoms with Gasteiger partial charge in [-0.05, 0) is 12.2 Å². The zero-order chi connectivity index (χ0) is 14.0. The molecule has 1 aliphatic heterocycles. The molecule has 0 aromatic heterocycles. The highest BCUT2D eigenvalue weighted by Crippen LogP contribution is 2.27. The molecule has 0 radical (unpaired) electrons. The predicted molar refractivity (Wildman–Crippen MR) is 65.5 cm³/mol. The largest absolute Gasteiger partial charge is 0.387 e. The molecule has 7 heteroatoms. The monoisotopic (exact) mass is 291 g/mol. The molecular formula is C12H12F3NO2S. The van der Waals surface area contributed by atoms with Crippen LogP contribution in [0.15, 0.2) is 12.1 Å². The van der Waals surface area contributed by atoms with Crippen molar-refractivity contribution < 1.29 is 23.1 Å². The Hall–Kier alpha value is -1.21. The van der Waals surface area contributed by atoms with Gasteiger partial charge in [-0.25, -0.2) is 13.2 Å². The molecule has 1 aromatic carbocycles. The summed E-state index contributed by atoms with van der Waals surface area (Å²) in [5.74, 6) is -3.38. The molecule has 1 fully saturated rings. The fourth-order valence-corrected chi connectivity index (χ4v) is 3.12. The van der Waals surface area contributed by atoms with Gasteiger partial charge in [0.05, 0.1) is 5.60 Å². The third kappa shape index (κ3) is 3.22. The van der Waals surface area contributed by atoms with Crippen LogP contribution in [0, 0.1) is 17.5 Å². The van der Waals surface area contributed by atoms with E-state index in [0.717, 1.165) is 5.75 Å². The van der Waals surface area contributed by atoms with E-state index in [0.29, 0.717) is 24.3 Å². The highest BCUT2D eigenvalue weighted by Gasteiger charge is 2.32. The first-order valence-corrected chi connectivity index (χ1v) is 6.80. The minimum atomic E-state index is -1.26. The second kappa shape index (κ2) is 5.42. The molecule has 2 rings (SSSR count). The Balaban J connectivity index is 2.08. The number of carbonyl (C=O) groups excluding carboxylic acids is 1. The van der Waals surface area contributed by atoms with E-state index in [1.807, 2.05) is 0 Å². The third-order valence-electron chi connectivity index (χ3n) is 2.89. The number of aliphatic hydroxyl groups is 1. The van der Waals surface area contributed by atoms with Crippen molar-refractivity contribution >= 4 is 17.7 Å². The molecule has 104 valence electrons. The zero-order valence-electron chi connectivity index (χ0n) is 9.88. The number of halogens is 3. The fourth-order valence-electron chi connectivity index (χ4n) is 1.83. The topological polar surface area (TPSA) is 49.3 Å². The van der Waals surface area contributed by atoms with E-state index in [1.165, 1.54) is 11.8 Å². The first-order valence-electron chi connectivity index (χ1n) is 5.64. The van der Waals surface area contributed by atoms with E-state index in [-0.39, 0.29) is 6.54 Å². The van der Waals surface area contributed by atoms with E-state index in [9.17, 15) is 23.1 Å². The van der Waals surface area contributed by atoms with Gasteiger partial charge in [0.15, 0.2) is 0 Å². The Morgan fingerprint density at radius 3 is 2.53 bits per heavy atom. The Morgan fingerprint density at radius 1 is 1.37 bits per heavy atom. The molecule has 1 heterocycles. The van der Waals surface area contributed by atoms with Gasteiger partial charge in [0.25, 0.3) is 5.91 Å². The van der Waals surface area contributed by atoms with E-state index >= 15 is 0 Å². The number of nitrogens with one attached hydrogen (secondary N) is 1. The maximum Gasteiger partial charge on any atom is 0.257 e. The van der Waals surface area contributed by atoms with Crippen molar-refractivity contribution in [2.24, 2.45) is 0 Å². The van der Waals surface area contributed by atoms with Crippen LogP contribution in [0.4, 0.5) is 13.2 Å². The highest BCUT2D eigenvalue weighted by atomic mass is 32.2. The van der Waals surface area contributed by atoms with Crippen molar-refractivity contribution in [2.45, 2.75) is 12.0 Å². The summed E-state index contributed by atoms with van der Waals surface area (Å²) in [7, 11) is 0. The van der Waals surface area contributed by atoms with Crippen LogP contribution in [0.3, 0.4) is 0 Å². The van der Waals surface area contributed by atoms with Crippen LogP contribution in [0.5, 0.6) is 0 Å². The highest BCUT2D eigenvalue weighted by molar-refractivity contribution is 7.99. The van der Waals surface area contributed by atoms with Gasteiger partial charge < -0.3 is 10.4 Å². The molecule has 2 N–H and O–H groups in total. The molecule has 3 nitrogen and oxygen atoms in total. The van der Waals surface area contributed by atoms with Crippen molar-refractivity contribution in [2.75, 3.05) is 18.1 Å². The SMILES string of the molecule is O=C(NCC1(O)CCSC1)c1c(F)cc(F)cc1F. The van der Waals surface area contributed by atoms with Gasteiger partial charge in [0.1, 0.15) is 23.0 Å². The van der Waals surface area contributed by atoms with Crippen LogP contribution in [0.2, 0.25) is 0 Å². The number of rotatable bonds is 3. The van der Waals surface area contributed by atoms with Gasteiger partial charge in [0, 0.05) is 24.4 Å². The number of amides is 1. The lowest BCUT2D eigenvalue weighted by Gasteiger charge is -2.21. The van der Waals surface area contributed by atoms with Crippen LogP contribution < -0.4 is 5.32 Å². The molecule has 1 unspecified atom stereocenters. The minimum absolute atomic E-state index is 0.0882. The lowest BCUT2D eigenvalue weighted by molar-refractivity contribution is 0.0609. The summed E-state index contributed by atoms with van der Waals surface area (Å²) in [6.07, 6.45) is 0.506. The summed E-state index contributed by atoms with van der Waals surface area (Å²) in [5.41, 5.74) is -1.89. The van der Waals surface area contributed by atoms with Crippen molar-refractivity contribution in [1.82, 2.24) is 5.32 Å². The number of benzene rings is 1. The molecule has 1 amide bonds. The summed E-state index contributed by atoms with van der Waals surface area (Å²) in [5, 5.41) is 12.3. The van der Waals surface area contributed by atoms with Crippen LogP contribution in [0.1, 0.15) is 16.8 Å². The van der Waals surface area contributed by atoms with Crippen molar-refractivity contribution in [3.05, 3.63) is 35.1 Å². The molecule has 19 heavy (non-hydrogen) atoms. The zero-order valence-corrected chi connectivity index (χ0v) is 10.7. The second-order valence-corrected chi connectivity index (χ2v) is 5.56. The van der Waals surface area contributed by atoms with Crippen LogP contribution in [0.25, 0.3) is 0 Å². The molecule has 1 saturated heterocycles. The Bertz CT molecular complexity index is 481. The second-order valence-electron chi connectivity index (χ2n) is 4.45. The van der Waals surface area contributed by atoms with E-state index in [2.05, 4.69) is 5.32 Å². The fraction of sp³-hybridized carbons (Fsp3) is 0.417. The first kappa shape index (κ1) is 14.2. The summed E-state index contributed by atoms with van der Waals surface area (Å²) >= 11 is 1.54. The van der Waals surface area contributed by atoms with Gasteiger partial charge in [0.2, 0.25) is 0 Å². The number of thioether (sulfide) groups is 1. The molecule has 0 spiro atoms. The lowest BCUT2D eigenvalue weighted by Crippen LogP contribution is -2.43. The summed E-state index contributed by atoms with van der Waals surface area (Å²) in [4.78, 5) is 11.7. The maximum absolute atomic E-state index is 13.4. The summed E-state index contributed by atoms with van der Waals surface area (Å²) < 4.78 is 39.4. The number of hydrogen-bond acceptors (Lipinski definition) is 3. The first-order chi connectivity index (χ1) is 8.91. The third-order valence-corrected chi connectivity index (χ3v) is 4.13. The molecule has 0 aliphatic carbocycles. The quantitative estimate of drug-likeness (QED) is 0.891. The standard InChI is InChI=1S/C12H12F3NO2S/c13-7-3-8(14)10(9(15)4-7)11(17)16-5-12(18)1-2-19-6-12/h3-4,18H,1-2,5-6H2,(H,16,17). The predicted octanol–water partition coefficient (Wildman–Crippen LogP) is 1.70. The molecule has 0 saturated carbocycles. The van der Waals surface area contributed by atoms with Gasteiger partial charge in [-0.1, -0.05) is 0 Å². The summed E-state index contributed by atoms with van der Waals surface area (Å²) in [6, 6.07) is 0.885. The average molecular weight is 291 g/mol.